The molecule has 0 radical (unpaired) electrons. The van der Waals surface area contributed by atoms with E-state index in [9.17, 15) is 8.42 Å². The number of fused-ring (bicyclic) bond motifs is 1. The van der Waals surface area contributed by atoms with Crippen LogP contribution in [0.5, 0.6) is 0 Å². The average Bonchev–Trinajstić information content (AvgIpc) is 2.96. The summed E-state index contributed by atoms with van der Waals surface area (Å²) in [5, 5.41) is 3.65. The zero-order valence-electron chi connectivity index (χ0n) is 12.0. The van der Waals surface area contributed by atoms with Crippen LogP contribution < -0.4 is 5.32 Å². The van der Waals surface area contributed by atoms with Crippen molar-refractivity contribution in [2.45, 2.75) is 32.2 Å². The summed E-state index contributed by atoms with van der Waals surface area (Å²) in [6, 6.07) is 8.91. The topological polar surface area (TPSA) is 46.2 Å². The van der Waals surface area contributed by atoms with Gasteiger partial charge in [0.15, 0.2) is 9.84 Å². The van der Waals surface area contributed by atoms with Crippen LogP contribution in [0.2, 0.25) is 0 Å². The summed E-state index contributed by atoms with van der Waals surface area (Å²) in [6.45, 7) is 3.16. The van der Waals surface area contributed by atoms with Crippen LogP contribution in [0.15, 0.2) is 24.3 Å². The minimum absolute atomic E-state index is 0.321. The summed E-state index contributed by atoms with van der Waals surface area (Å²) in [4.78, 5) is 0. The fraction of sp³-hybridized carbons (Fsp3) is 0.625. The monoisotopic (exact) mass is 293 g/mol. The molecule has 110 valence electrons. The second-order valence-corrected chi connectivity index (χ2v) is 8.39. The Balaban J connectivity index is 1.84. The fourth-order valence-corrected chi connectivity index (χ4v) is 5.68. The van der Waals surface area contributed by atoms with E-state index < -0.39 is 9.84 Å². The van der Waals surface area contributed by atoms with Gasteiger partial charge in [0.05, 0.1) is 11.5 Å². The Morgan fingerprint density at radius 1 is 1.30 bits per heavy atom. The molecule has 1 heterocycles. The number of sulfone groups is 1. The molecule has 1 fully saturated rings. The van der Waals surface area contributed by atoms with E-state index in [0.29, 0.717) is 29.4 Å². The van der Waals surface area contributed by atoms with Crippen molar-refractivity contribution in [1.29, 1.82) is 0 Å². The molecule has 1 aliphatic heterocycles. The molecule has 2 aliphatic rings. The molecule has 3 atom stereocenters. The van der Waals surface area contributed by atoms with Crippen molar-refractivity contribution < 1.29 is 8.42 Å². The Morgan fingerprint density at radius 3 is 2.80 bits per heavy atom. The first-order chi connectivity index (χ1) is 9.61. The van der Waals surface area contributed by atoms with E-state index in [4.69, 9.17) is 0 Å². The molecule has 0 aromatic heterocycles. The molecule has 0 amide bonds. The van der Waals surface area contributed by atoms with Crippen LogP contribution in [0.3, 0.4) is 0 Å². The fourth-order valence-electron chi connectivity index (χ4n) is 3.79. The molecule has 1 aromatic carbocycles. The Kier molecular flexibility index (Phi) is 3.87. The lowest BCUT2D eigenvalue weighted by Crippen LogP contribution is -2.31. The molecule has 4 heteroatoms. The van der Waals surface area contributed by atoms with E-state index in [0.717, 1.165) is 25.8 Å². The van der Waals surface area contributed by atoms with Crippen molar-refractivity contribution in [2.24, 2.45) is 11.8 Å². The standard InChI is InChI=1S/C16H23NO2S/c1-2-8-17-16-14-6-4-3-5-12(14)10-15(16)13-7-9-20(18,19)11-13/h3-6,13,15-17H,2,7-11H2,1H3. The maximum Gasteiger partial charge on any atom is 0.150 e. The predicted molar refractivity (Wildman–Crippen MR) is 81.4 cm³/mol. The number of nitrogens with one attached hydrogen (secondary N) is 1. The van der Waals surface area contributed by atoms with Gasteiger partial charge in [0, 0.05) is 6.04 Å². The second kappa shape index (κ2) is 5.49. The normalized spacial score (nSPS) is 31.4. The number of hydrogen-bond acceptors (Lipinski definition) is 3. The SMILES string of the molecule is CCCNC1c2ccccc2CC1C1CCS(=O)(=O)C1. The Hall–Kier alpha value is -0.870. The smallest absolute Gasteiger partial charge is 0.150 e. The number of rotatable bonds is 4. The van der Waals surface area contributed by atoms with E-state index in [1.807, 2.05) is 0 Å². The van der Waals surface area contributed by atoms with E-state index >= 15 is 0 Å². The summed E-state index contributed by atoms with van der Waals surface area (Å²) in [6.07, 6.45) is 2.97. The summed E-state index contributed by atoms with van der Waals surface area (Å²) >= 11 is 0. The molecular formula is C16H23NO2S. The van der Waals surface area contributed by atoms with Crippen LogP contribution in [0.1, 0.15) is 36.9 Å². The van der Waals surface area contributed by atoms with Gasteiger partial charge in [0.25, 0.3) is 0 Å². The van der Waals surface area contributed by atoms with Gasteiger partial charge in [-0.1, -0.05) is 31.2 Å². The maximum atomic E-state index is 11.8. The first kappa shape index (κ1) is 14.1. The summed E-state index contributed by atoms with van der Waals surface area (Å²) in [5.74, 6) is 1.53. The highest BCUT2D eigenvalue weighted by Gasteiger charge is 2.41. The minimum atomic E-state index is -2.79. The van der Waals surface area contributed by atoms with Crippen LogP contribution in [0.4, 0.5) is 0 Å². The highest BCUT2D eigenvalue weighted by molar-refractivity contribution is 7.91. The van der Waals surface area contributed by atoms with Gasteiger partial charge < -0.3 is 5.32 Å². The molecule has 0 spiro atoms. The minimum Gasteiger partial charge on any atom is -0.310 e. The molecular weight excluding hydrogens is 270 g/mol. The van der Waals surface area contributed by atoms with Crippen molar-refractivity contribution in [3.05, 3.63) is 35.4 Å². The average molecular weight is 293 g/mol. The third-order valence-electron chi connectivity index (χ3n) is 4.76. The van der Waals surface area contributed by atoms with Crippen LogP contribution in [0, 0.1) is 11.8 Å². The third-order valence-corrected chi connectivity index (χ3v) is 6.56. The largest absolute Gasteiger partial charge is 0.310 e. The lowest BCUT2D eigenvalue weighted by Gasteiger charge is -2.26. The molecule has 3 nitrogen and oxygen atoms in total. The number of benzene rings is 1. The molecule has 20 heavy (non-hydrogen) atoms. The predicted octanol–water partition coefficient (Wildman–Crippen LogP) is 2.33. The van der Waals surface area contributed by atoms with Crippen molar-refractivity contribution in [1.82, 2.24) is 5.32 Å². The Bertz CT molecular complexity index is 582. The van der Waals surface area contributed by atoms with Crippen molar-refractivity contribution in [3.63, 3.8) is 0 Å². The molecule has 1 aromatic rings. The maximum absolute atomic E-state index is 11.8. The van der Waals surface area contributed by atoms with Gasteiger partial charge in [-0.15, -0.1) is 0 Å². The number of hydrogen-bond donors (Lipinski definition) is 1. The van der Waals surface area contributed by atoms with Crippen LogP contribution in [-0.4, -0.2) is 26.5 Å². The molecule has 0 bridgehead atoms. The van der Waals surface area contributed by atoms with Gasteiger partial charge in [0.1, 0.15) is 0 Å². The molecule has 3 rings (SSSR count). The summed E-state index contributed by atoms with van der Waals surface area (Å²) in [5.41, 5.74) is 2.78. The summed E-state index contributed by atoms with van der Waals surface area (Å²) in [7, 11) is -2.79. The summed E-state index contributed by atoms with van der Waals surface area (Å²) < 4.78 is 23.5. The zero-order chi connectivity index (χ0) is 14.2. The van der Waals surface area contributed by atoms with E-state index in [1.165, 1.54) is 11.1 Å². The lowest BCUT2D eigenvalue weighted by molar-refractivity contribution is 0.289. The second-order valence-electron chi connectivity index (χ2n) is 6.16. The molecule has 3 unspecified atom stereocenters. The highest BCUT2D eigenvalue weighted by atomic mass is 32.2. The van der Waals surface area contributed by atoms with E-state index in [1.54, 1.807) is 0 Å². The van der Waals surface area contributed by atoms with E-state index in [-0.39, 0.29) is 0 Å². The molecule has 1 N–H and O–H groups in total. The van der Waals surface area contributed by atoms with Gasteiger partial charge in [-0.3, -0.25) is 0 Å². The third kappa shape index (κ3) is 2.63. The first-order valence-corrected chi connectivity index (χ1v) is 9.44. The van der Waals surface area contributed by atoms with E-state index in [2.05, 4.69) is 36.5 Å². The first-order valence-electron chi connectivity index (χ1n) is 7.62. The van der Waals surface area contributed by atoms with Crippen LogP contribution in [-0.2, 0) is 16.3 Å². The lowest BCUT2D eigenvalue weighted by atomic mass is 9.86. The van der Waals surface area contributed by atoms with Gasteiger partial charge in [0.2, 0.25) is 0 Å². The van der Waals surface area contributed by atoms with Crippen molar-refractivity contribution >= 4 is 9.84 Å². The molecule has 0 saturated carbocycles. The highest BCUT2D eigenvalue weighted by Crippen LogP contribution is 2.43. The molecule has 1 saturated heterocycles. The van der Waals surface area contributed by atoms with Gasteiger partial charge in [-0.05, 0) is 48.8 Å². The van der Waals surface area contributed by atoms with Gasteiger partial charge >= 0.3 is 0 Å². The van der Waals surface area contributed by atoms with Crippen LogP contribution in [0.25, 0.3) is 0 Å². The Labute approximate surface area is 121 Å². The Morgan fingerprint density at radius 2 is 2.10 bits per heavy atom. The van der Waals surface area contributed by atoms with Crippen molar-refractivity contribution in [2.75, 3.05) is 18.1 Å². The van der Waals surface area contributed by atoms with Gasteiger partial charge in [-0.25, -0.2) is 8.42 Å². The van der Waals surface area contributed by atoms with Gasteiger partial charge in [-0.2, -0.15) is 0 Å². The zero-order valence-corrected chi connectivity index (χ0v) is 12.8. The van der Waals surface area contributed by atoms with Crippen LogP contribution >= 0.6 is 0 Å². The molecule has 1 aliphatic carbocycles. The van der Waals surface area contributed by atoms with Crippen molar-refractivity contribution in [3.8, 4) is 0 Å². The quantitative estimate of drug-likeness (QED) is 0.927.